The minimum Gasteiger partial charge on any atom is -0.394 e. The molecule has 26 heavy (non-hydrogen) atoms. The smallest absolute Gasteiger partial charge is 0.251 e. The molecule has 2 fully saturated rings. The van der Waals surface area contributed by atoms with E-state index in [1.165, 1.54) is 24.6 Å². The maximum atomic E-state index is 13.2. The van der Waals surface area contributed by atoms with Crippen LogP contribution in [0.15, 0.2) is 24.3 Å². The Hall–Kier alpha value is -1.25. The predicted octanol–water partition coefficient (Wildman–Crippen LogP) is 0.952. The summed E-state index contributed by atoms with van der Waals surface area (Å²) in [5.41, 5.74) is 0.242. The van der Waals surface area contributed by atoms with Crippen molar-refractivity contribution in [1.82, 2.24) is 10.2 Å². The lowest BCUT2D eigenvalue weighted by molar-refractivity contribution is -0.0209. The number of nitrogens with zero attached hydrogens (tertiary/aromatic N) is 1. The second-order valence-electron chi connectivity index (χ2n) is 6.69. The van der Waals surface area contributed by atoms with E-state index in [4.69, 9.17) is 4.74 Å². The molecule has 1 amide bonds. The number of carbonyl (C=O) groups excluding carboxylic acids is 1. The van der Waals surface area contributed by atoms with Gasteiger partial charge in [0.2, 0.25) is 0 Å². The lowest BCUT2D eigenvalue weighted by Gasteiger charge is -2.36. The molecule has 2 saturated heterocycles. The van der Waals surface area contributed by atoms with Gasteiger partial charge in [0.05, 0.1) is 18.8 Å². The van der Waals surface area contributed by atoms with E-state index in [-0.39, 0.29) is 43.1 Å². The topological polar surface area (TPSA) is 82.0 Å². The van der Waals surface area contributed by atoms with Gasteiger partial charge in [0.25, 0.3) is 5.91 Å². The van der Waals surface area contributed by atoms with Crippen molar-refractivity contribution in [3.05, 3.63) is 35.6 Å². The van der Waals surface area contributed by atoms with Gasteiger partial charge < -0.3 is 20.3 Å². The van der Waals surface area contributed by atoms with E-state index in [1.807, 2.05) is 0 Å². The van der Waals surface area contributed by atoms with Crippen molar-refractivity contribution in [1.29, 1.82) is 0 Å². The second-order valence-corrected chi connectivity index (χ2v) is 6.69. The van der Waals surface area contributed by atoms with Crippen LogP contribution in [0, 0.1) is 5.82 Å². The first-order valence-electron chi connectivity index (χ1n) is 8.82. The Balaban J connectivity index is 0.00000243. The van der Waals surface area contributed by atoms with Crippen LogP contribution in [0.3, 0.4) is 0 Å². The molecule has 0 radical (unpaired) electrons. The second kappa shape index (κ2) is 9.62. The Kier molecular flexibility index (Phi) is 7.79. The van der Waals surface area contributed by atoms with Gasteiger partial charge in [-0.25, -0.2) is 4.39 Å². The number of carbonyl (C=O) groups is 1. The zero-order valence-corrected chi connectivity index (χ0v) is 15.3. The van der Waals surface area contributed by atoms with Crippen molar-refractivity contribution in [2.75, 3.05) is 26.2 Å². The molecule has 6 nitrogen and oxygen atoms in total. The summed E-state index contributed by atoms with van der Waals surface area (Å²) in [4.78, 5) is 14.4. The number of piperidine rings is 1. The molecule has 0 saturated carbocycles. The van der Waals surface area contributed by atoms with E-state index >= 15 is 0 Å². The summed E-state index contributed by atoms with van der Waals surface area (Å²) in [6.45, 7) is 1.68. The number of halogens is 2. The highest BCUT2D eigenvalue weighted by Gasteiger charge is 2.46. The Morgan fingerprint density at radius 3 is 2.65 bits per heavy atom. The van der Waals surface area contributed by atoms with E-state index < -0.39 is 24.1 Å². The molecule has 3 rings (SSSR count). The third kappa shape index (κ3) is 4.72. The predicted molar refractivity (Wildman–Crippen MR) is 96.9 cm³/mol. The first-order valence-corrected chi connectivity index (χ1v) is 8.82. The van der Waals surface area contributed by atoms with Gasteiger partial charge in [-0.2, -0.15) is 0 Å². The Labute approximate surface area is 158 Å². The van der Waals surface area contributed by atoms with Crippen LogP contribution in [0.5, 0.6) is 0 Å². The zero-order valence-electron chi connectivity index (χ0n) is 14.5. The fourth-order valence-electron chi connectivity index (χ4n) is 3.74. The lowest BCUT2D eigenvalue weighted by Crippen LogP contribution is -2.52. The largest absolute Gasteiger partial charge is 0.394 e. The number of benzene rings is 1. The van der Waals surface area contributed by atoms with Gasteiger partial charge >= 0.3 is 0 Å². The van der Waals surface area contributed by atoms with Crippen LogP contribution in [-0.4, -0.2) is 71.6 Å². The van der Waals surface area contributed by atoms with Crippen molar-refractivity contribution in [2.45, 2.75) is 43.6 Å². The molecule has 1 aromatic carbocycles. The van der Waals surface area contributed by atoms with Crippen LogP contribution in [0.4, 0.5) is 4.39 Å². The van der Waals surface area contributed by atoms with Gasteiger partial charge in [-0.05, 0) is 44.1 Å². The minimum absolute atomic E-state index is 0. The number of rotatable bonds is 5. The molecule has 0 bridgehead atoms. The number of hydrogen-bond acceptors (Lipinski definition) is 5. The van der Waals surface area contributed by atoms with Gasteiger partial charge in [-0.15, -0.1) is 12.4 Å². The Morgan fingerprint density at radius 2 is 2.00 bits per heavy atom. The average Bonchev–Trinajstić information content (AvgIpc) is 2.96. The van der Waals surface area contributed by atoms with E-state index in [0.29, 0.717) is 0 Å². The van der Waals surface area contributed by atoms with Crippen molar-refractivity contribution in [3.8, 4) is 0 Å². The third-order valence-corrected chi connectivity index (χ3v) is 5.00. The number of aliphatic hydroxyl groups excluding tert-OH is 2. The van der Waals surface area contributed by atoms with Gasteiger partial charge in [-0.3, -0.25) is 9.69 Å². The quantitative estimate of drug-likeness (QED) is 0.699. The van der Waals surface area contributed by atoms with Crippen LogP contribution in [-0.2, 0) is 4.74 Å². The SMILES string of the molecule is Cl.O=C(NC[C@H]1O[C@@H](CO)[C@@H](O)[C@H]1N1CCCCC1)c1cccc(F)c1. The Bertz CT molecular complexity index is 600. The van der Waals surface area contributed by atoms with Crippen LogP contribution < -0.4 is 5.32 Å². The average molecular weight is 389 g/mol. The number of hydrogen-bond donors (Lipinski definition) is 3. The molecule has 0 aromatic heterocycles. The molecular weight excluding hydrogens is 363 g/mol. The fourth-order valence-corrected chi connectivity index (χ4v) is 3.74. The van der Waals surface area contributed by atoms with Crippen LogP contribution in [0.25, 0.3) is 0 Å². The van der Waals surface area contributed by atoms with E-state index in [0.717, 1.165) is 25.9 Å². The monoisotopic (exact) mass is 388 g/mol. The first kappa shape index (κ1) is 21.1. The van der Waals surface area contributed by atoms with Crippen molar-refractivity contribution in [3.63, 3.8) is 0 Å². The summed E-state index contributed by atoms with van der Waals surface area (Å²) < 4.78 is 19.0. The van der Waals surface area contributed by atoms with Crippen LogP contribution in [0.1, 0.15) is 29.6 Å². The highest BCUT2D eigenvalue weighted by atomic mass is 35.5. The van der Waals surface area contributed by atoms with Crippen molar-refractivity contribution < 1.29 is 24.1 Å². The van der Waals surface area contributed by atoms with Crippen LogP contribution >= 0.6 is 12.4 Å². The van der Waals surface area contributed by atoms with Crippen molar-refractivity contribution in [2.24, 2.45) is 0 Å². The summed E-state index contributed by atoms with van der Waals surface area (Å²) in [5.74, 6) is -0.853. The number of likely N-dealkylation sites (tertiary alicyclic amines) is 1. The normalized spacial score (nSPS) is 29.2. The van der Waals surface area contributed by atoms with E-state index in [2.05, 4.69) is 10.2 Å². The molecule has 0 unspecified atom stereocenters. The number of amides is 1. The highest BCUT2D eigenvalue weighted by molar-refractivity contribution is 5.94. The number of nitrogens with one attached hydrogen (secondary N) is 1. The van der Waals surface area contributed by atoms with Crippen molar-refractivity contribution >= 4 is 18.3 Å². The summed E-state index contributed by atoms with van der Waals surface area (Å²) in [6.07, 6.45) is 1.44. The summed E-state index contributed by atoms with van der Waals surface area (Å²) in [5, 5.41) is 22.7. The maximum absolute atomic E-state index is 13.2. The number of aliphatic hydroxyl groups is 2. The number of ether oxygens (including phenoxy) is 1. The third-order valence-electron chi connectivity index (χ3n) is 5.00. The minimum atomic E-state index is -0.792. The molecule has 8 heteroatoms. The zero-order chi connectivity index (χ0) is 17.8. The summed E-state index contributed by atoms with van der Waals surface area (Å²) >= 11 is 0. The van der Waals surface area contributed by atoms with Gasteiger partial charge in [-0.1, -0.05) is 12.5 Å². The summed E-state index contributed by atoms with van der Waals surface area (Å²) in [7, 11) is 0. The highest BCUT2D eigenvalue weighted by Crippen LogP contribution is 2.28. The van der Waals surface area contributed by atoms with E-state index in [1.54, 1.807) is 6.07 Å². The van der Waals surface area contributed by atoms with Gasteiger partial charge in [0.15, 0.2) is 0 Å². The summed E-state index contributed by atoms with van der Waals surface area (Å²) in [6, 6.07) is 5.23. The Morgan fingerprint density at radius 1 is 1.27 bits per heavy atom. The molecule has 0 aliphatic carbocycles. The van der Waals surface area contributed by atoms with E-state index in [9.17, 15) is 19.4 Å². The molecule has 2 aliphatic heterocycles. The molecule has 2 aliphatic rings. The molecule has 0 spiro atoms. The van der Waals surface area contributed by atoms with Gasteiger partial charge in [0, 0.05) is 12.1 Å². The molecule has 146 valence electrons. The molecule has 1 aromatic rings. The molecular formula is C18H26ClFN2O4. The standard InChI is InChI=1S/C18H25FN2O4.ClH/c19-13-6-4-5-12(9-13)18(24)20-10-14-16(17(23)15(11-22)25-14)21-7-2-1-3-8-21;/h4-6,9,14-17,22-23H,1-3,7-8,10-11H2,(H,20,24);1H/t14-,15+,16+,17-;/m1./s1. The first-order chi connectivity index (χ1) is 12.1. The fraction of sp³-hybridized carbons (Fsp3) is 0.611. The van der Waals surface area contributed by atoms with Gasteiger partial charge in [0.1, 0.15) is 18.0 Å². The van der Waals surface area contributed by atoms with Crippen LogP contribution in [0.2, 0.25) is 0 Å². The molecule has 3 N–H and O–H groups in total. The maximum Gasteiger partial charge on any atom is 0.251 e. The lowest BCUT2D eigenvalue weighted by atomic mass is 9.99. The molecule has 4 atom stereocenters. The molecule has 2 heterocycles.